The molecule has 5 rings (SSSR count). The highest BCUT2D eigenvalue weighted by Crippen LogP contribution is 2.41. The molecule has 1 unspecified atom stereocenters. The Morgan fingerprint density at radius 1 is 1.32 bits per heavy atom. The van der Waals surface area contributed by atoms with Gasteiger partial charge in [-0.25, -0.2) is 0 Å². The zero-order valence-corrected chi connectivity index (χ0v) is 18.1. The van der Waals surface area contributed by atoms with E-state index in [4.69, 9.17) is 10.3 Å². The van der Waals surface area contributed by atoms with Crippen LogP contribution in [-0.2, 0) is 23.4 Å². The zero-order valence-electron chi connectivity index (χ0n) is 17.3. The van der Waals surface area contributed by atoms with Crippen LogP contribution in [0.1, 0.15) is 40.2 Å². The Morgan fingerprint density at radius 2 is 2.10 bits per heavy atom. The predicted molar refractivity (Wildman–Crippen MR) is 118 cm³/mol. The second-order valence-electron chi connectivity index (χ2n) is 8.30. The lowest BCUT2D eigenvalue weighted by molar-refractivity contribution is 0.100. The molecule has 1 amide bonds. The average Bonchev–Trinajstić information content (AvgIpc) is 3.40. The minimum Gasteiger partial charge on any atom is -0.772 e. The van der Waals surface area contributed by atoms with Crippen molar-refractivity contribution in [3.05, 3.63) is 52.9 Å². The van der Waals surface area contributed by atoms with Crippen molar-refractivity contribution < 1.29 is 18.1 Å². The highest BCUT2D eigenvalue weighted by atomic mass is 32.2. The topological polar surface area (TPSA) is 114 Å². The summed E-state index contributed by atoms with van der Waals surface area (Å²) < 4.78 is 30.6. The van der Waals surface area contributed by atoms with Crippen LogP contribution in [0, 0.1) is 19.8 Å². The lowest BCUT2D eigenvalue weighted by atomic mass is 9.97. The number of rotatable bonds is 6. The van der Waals surface area contributed by atoms with Gasteiger partial charge in [0.25, 0.3) is 5.91 Å². The molecule has 2 heterocycles. The monoisotopic (exact) mass is 436 g/mol. The summed E-state index contributed by atoms with van der Waals surface area (Å²) in [6, 6.07) is 9.47. The van der Waals surface area contributed by atoms with Gasteiger partial charge in [-0.3, -0.25) is 9.00 Å². The minimum absolute atomic E-state index is 0.0959. The minimum atomic E-state index is -2.24. The Kier molecular flexibility index (Phi) is 4.71. The van der Waals surface area contributed by atoms with E-state index < -0.39 is 17.0 Å². The maximum absolute atomic E-state index is 12.6. The van der Waals surface area contributed by atoms with Gasteiger partial charge in [-0.05, 0) is 61.9 Å². The summed E-state index contributed by atoms with van der Waals surface area (Å²) in [5, 5.41) is 5.71. The number of carbonyl (C=O) groups is 1. The van der Waals surface area contributed by atoms with Crippen molar-refractivity contribution in [2.24, 2.45) is 11.7 Å². The van der Waals surface area contributed by atoms with Crippen LogP contribution in [0.15, 0.2) is 34.9 Å². The third kappa shape index (κ3) is 3.36. The molecule has 0 radical (unpaired) electrons. The molecule has 1 aliphatic carbocycles. The first-order chi connectivity index (χ1) is 14.8. The van der Waals surface area contributed by atoms with Gasteiger partial charge in [0, 0.05) is 34.2 Å². The van der Waals surface area contributed by atoms with Gasteiger partial charge in [0.2, 0.25) is 0 Å². The molecule has 1 aliphatic rings. The van der Waals surface area contributed by atoms with Crippen molar-refractivity contribution in [1.82, 2.24) is 9.72 Å². The summed E-state index contributed by atoms with van der Waals surface area (Å²) in [5.41, 5.74) is 11.0. The molecule has 4 aromatic rings. The molecule has 160 valence electrons. The van der Waals surface area contributed by atoms with Gasteiger partial charge in [0.1, 0.15) is 5.76 Å². The molecule has 2 aromatic carbocycles. The molecule has 8 heteroatoms. The van der Waals surface area contributed by atoms with Gasteiger partial charge >= 0.3 is 0 Å². The zero-order chi connectivity index (χ0) is 21.9. The summed E-state index contributed by atoms with van der Waals surface area (Å²) in [6.45, 7) is 4.45. The highest BCUT2D eigenvalue weighted by Gasteiger charge is 2.27. The average molecular weight is 437 g/mol. The number of benzene rings is 2. The molecular formula is C23H22N3O4S-. The number of hydrogen-bond donors (Lipinski definition) is 1. The fourth-order valence-electron chi connectivity index (χ4n) is 4.58. The van der Waals surface area contributed by atoms with E-state index in [-0.39, 0.29) is 5.75 Å². The Balaban J connectivity index is 1.92. The highest BCUT2D eigenvalue weighted by molar-refractivity contribution is 7.78. The SMILES string of the molecule is Cc1noc(C)c1-c1cc(C(N)=O)c2c(c1)c1c(CS(=O)[O-])cccc1n2CC1CC1. The molecule has 31 heavy (non-hydrogen) atoms. The smallest absolute Gasteiger partial charge is 0.250 e. The number of amides is 1. The number of nitrogens with two attached hydrogens (primary N) is 1. The van der Waals surface area contributed by atoms with Gasteiger partial charge in [-0.1, -0.05) is 28.4 Å². The largest absolute Gasteiger partial charge is 0.772 e. The fraction of sp³-hybridized carbons (Fsp3) is 0.304. The molecule has 2 aromatic heterocycles. The summed E-state index contributed by atoms with van der Waals surface area (Å²) in [4.78, 5) is 12.6. The van der Waals surface area contributed by atoms with Crippen LogP contribution in [0.4, 0.5) is 0 Å². The second-order valence-corrected chi connectivity index (χ2v) is 9.19. The molecule has 1 fully saturated rings. The quantitative estimate of drug-likeness (QED) is 0.460. The van der Waals surface area contributed by atoms with E-state index in [0.717, 1.165) is 58.0 Å². The second kappa shape index (κ2) is 7.32. The number of hydrogen-bond acceptors (Lipinski definition) is 5. The van der Waals surface area contributed by atoms with Crippen LogP contribution in [0.25, 0.3) is 32.9 Å². The van der Waals surface area contributed by atoms with Crippen molar-refractivity contribution in [3.8, 4) is 11.1 Å². The van der Waals surface area contributed by atoms with E-state index >= 15 is 0 Å². The molecule has 7 nitrogen and oxygen atoms in total. The fourth-order valence-corrected chi connectivity index (χ4v) is 5.08. The lowest BCUT2D eigenvalue weighted by Gasteiger charge is -2.11. The third-order valence-electron chi connectivity index (χ3n) is 6.07. The molecule has 0 spiro atoms. The number of primary amides is 1. The summed E-state index contributed by atoms with van der Waals surface area (Å²) in [5.74, 6) is 0.586. The molecule has 0 aliphatic heterocycles. The predicted octanol–water partition coefficient (Wildman–Crippen LogP) is 3.95. The number of nitrogens with zero attached hydrogens (tertiary/aromatic N) is 2. The Morgan fingerprint density at radius 3 is 2.71 bits per heavy atom. The Hall–Kier alpha value is -2.97. The Labute approximate surface area is 181 Å². The van der Waals surface area contributed by atoms with Gasteiger partial charge in [0.05, 0.1) is 16.8 Å². The summed E-state index contributed by atoms with van der Waals surface area (Å²) >= 11 is -2.24. The van der Waals surface area contributed by atoms with Gasteiger partial charge in [-0.2, -0.15) is 0 Å². The molecular weight excluding hydrogens is 414 g/mol. The van der Waals surface area contributed by atoms with Crippen LogP contribution in [0.5, 0.6) is 0 Å². The molecule has 1 atom stereocenters. The van der Waals surface area contributed by atoms with E-state index in [0.29, 0.717) is 22.8 Å². The molecule has 1 saturated carbocycles. The maximum Gasteiger partial charge on any atom is 0.250 e. The first kappa shape index (κ1) is 20.0. The third-order valence-corrected chi connectivity index (χ3v) is 6.61. The normalized spacial score (nSPS) is 15.1. The first-order valence-electron chi connectivity index (χ1n) is 10.2. The number of aromatic nitrogens is 2. The lowest BCUT2D eigenvalue weighted by Crippen LogP contribution is -2.14. The van der Waals surface area contributed by atoms with E-state index in [1.807, 2.05) is 38.1 Å². The van der Waals surface area contributed by atoms with Crippen LogP contribution in [0.2, 0.25) is 0 Å². The number of fused-ring (bicyclic) bond motifs is 3. The van der Waals surface area contributed by atoms with Crippen LogP contribution in [-0.4, -0.2) is 24.4 Å². The van der Waals surface area contributed by atoms with Gasteiger partial charge in [0.15, 0.2) is 0 Å². The van der Waals surface area contributed by atoms with Crippen molar-refractivity contribution in [1.29, 1.82) is 0 Å². The molecule has 0 saturated heterocycles. The van der Waals surface area contributed by atoms with Crippen molar-refractivity contribution in [2.45, 2.75) is 39.0 Å². The summed E-state index contributed by atoms with van der Waals surface area (Å²) in [6.07, 6.45) is 2.29. The first-order valence-corrected chi connectivity index (χ1v) is 11.5. The van der Waals surface area contributed by atoms with E-state index in [1.165, 1.54) is 0 Å². The number of aryl methyl sites for hydroxylation is 2. The maximum atomic E-state index is 12.6. The van der Waals surface area contributed by atoms with Crippen molar-refractivity contribution in [3.63, 3.8) is 0 Å². The standard InChI is InChI=1S/C23H23N3O4S/c1-12-20(13(2)30-25-12)16-8-17-21-15(11-31(28)29)4-3-5-19(21)26(10-14-6-7-14)22(17)18(9-16)23(24)27/h3-5,8-9,14H,6-7,10-11H2,1-2H3,(H2,24,27)(H,28,29)/p-1. The Bertz CT molecular complexity index is 1360. The van der Waals surface area contributed by atoms with Gasteiger partial charge in [-0.15, -0.1) is 0 Å². The van der Waals surface area contributed by atoms with Crippen molar-refractivity contribution >= 4 is 38.8 Å². The van der Waals surface area contributed by atoms with Crippen LogP contribution in [0.3, 0.4) is 0 Å². The van der Waals surface area contributed by atoms with Gasteiger partial charge < -0.3 is 19.4 Å². The number of carbonyl (C=O) groups excluding carboxylic acids is 1. The summed E-state index contributed by atoms with van der Waals surface area (Å²) in [7, 11) is 0. The van der Waals surface area contributed by atoms with E-state index in [2.05, 4.69) is 9.72 Å². The van der Waals surface area contributed by atoms with E-state index in [9.17, 15) is 13.6 Å². The van der Waals surface area contributed by atoms with E-state index in [1.54, 1.807) is 6.07 Å². The van der Waals surface area contributed by atoms with Crippen LogP contribution < -0.4 is 5.73 Å². The van der Waals surface area contributed by atoms with Crippen LogP contribution >= 0.6 is 0 Å². The van der Waals surface area contributed by atoms with Crippen molar-refractivity contribution in [2.75, 3.05) is 0 Å². The molecule has 2 N–H and O–H groups in total. The molecule has 0 bridgehead atoms.